The van der Waals surface area contributed by atoms with Gasteiger partial charge in [-0.05, 0) is 37.8 Å². The number of halogens is 1. The molecule has 1 unspecified atom stereocenters. The first-order chi connectivity index (χ1) is 9.98. The van der Waals surface area contributed by atoms with Crippen molar-refractivity contribution in [2.45, 2.75) is 64.6 Å². The van der Waals surface area contributed by atoms with E-state index in [1.54, 1.807) is 6.20 Å². The molecular formula is C17H28ClN3. The van der Waals surface area contributed by atoms with Crippen molar-refractivity contribution in [3.63, 3.8) is 0 Å². The molecule has 0 radical (unpaired) electrons. The van der Waals surface area contributed by atoms with Crippen LogP contribution in [-0.2, 0) is 6.54 Å². The molecule has 118 valence electrons. The molecule has 1 aromatic rings. The highest BCUT2D eigenvalue weighted by Crippen LogP contribution is 2.33. The second-order valence-corrected chi connectivity index (χ2v) is 6.93. The molecule has 0 saturated carbocycles. The molecule has 0 bridgehead atoms. The molecule has 2 heterocycles. The average Bonchev–Trinajstić information content (AvgIpc) is 2.51. The van der Waals surface area contributed by atoms with Crippen LogP contribution in [0.15, 0.2) is 18.5 Å². The summed E-state index contributed by atoms with van der Waals surface area (Å²) in [5, 5.41) is 4.55. The van der Waals surface area contributed by atoms with Gasteiger partial charge in [0.05, 0.1) is 5.02 Å². The summed E-state index contributed by atoms with van der Waals surface area (Å²) in [5.74, 6) is 0. The van der Waals surface area contributed by atoms with Crippen molar-refractivity contribution in [3.8, 4) is 0 Å². The van der Waals surface area contributed by atoms with E-state index in [0.29, 0.717) is 0 Å². The van der Waals surface area contributed by atoms with Crippen molar-refractivity contribution in [3.05, 3.63) is 29.0 Å². The summed E-state index contributed by atoms with van der Waals surface area (Å²) in [7, 11) is 0. The molecule has 0 aromatic carbocycles. The Labute approximate surface area is 134 Å². The highest BCUT2D eigenvalue weighted by atomic mass is 35.5. The highest BCUT2D eigenvalue weighted by molar-refractivity contribution is 6.31. The van der Waals surface area contributed by atoms with E-state index in [1.165, 1.54) is 5.56 Å². The Morgan fingerprint density at radius 3 is 2.57 bits per heavy atom. The van der Waals surface area contributed by atoms with Gasteiger partial charge in [0.2, 0.25) is 0 Å². The summed E-state index contributed by atoms with van der Waals surface area (Å²) in [5.41, 5.74) is 1.59. The smallest absolute Gasteiger partial charge is 0.0634 e. The lowest BCUT2D eigenvalue weighted by Crippen LogP contribution is -2.68. The van der Waals surface area contributed by atoms with Gasteiger partial charge in [0.25, 0.3) is 0 Å². The standard InChI is InChI=1S/C17H28ClN3/c1-5-16(4)13-21(17(6-2,7-3)12-20-16)11-14-8-9-19-10-15(14)18/h8-10,20H,5-7,11-13H2,1-4H3. The Bertz CT molecular complexity index is 473. The van der Waals surface area contributed by atoms with Gasteiger partial charge in [-0.2, -0.15) is 0 Å². The summed E-state index contributed by atoms with van der Waals surface area (Å²) in [6, 6.07) is 2.05. The summed E-state index contributed by atoms with van der Waals surface area (Å²) in [6.45, 7) is 12.2. The number of nitrogens with zero attached hydrogens (tertiary/aromatic N) is 2. The van der Waals surface area contributed by atoms with Gasteiger partial charge in [0.15, 0.2) is 0 Å². The molecule has 0 aliphatic carbocycles. The summed E-state index contributed by atoms with van der Waals surface area (Å²) in [4.78, 5) is 6.73. The zero-order valence-corrected chi connectivity index (χ0v) is 14.5. The fourth-order valence-electron chi connectivity index (χ4n) is 3.28. The van der Waals surface area contributed by atoms with Gasteiger partial charge < -0.3 is 5.32 Å². The van der Waals surface area contributed by atoms with Gasteiger partial charge in [0, 0.05) is 43.1 Å². The second-order valence-electron chi connectivity index (χ2n) is 6.52. The third-order valence-corrected chi connectivity index (χ3v) is 5.71. The van der Waals surface area contributed by atoms with E-state index in [2.05, 4.69) is 42.9 Å². The molecule has 1 aliphatic heterocycles. The monoisotopic (exact) mass is 309 g/mol. The van der Waals surface area contributed by atoms with Crippen LogP contribution in [0.2, 0.25) is 5.02 Å². The van der Waals surface area contributed by atoms with Gasteiger partial charge in [0.1, 0.15) is 0 Å². The van der Waals surface area contributed by atoms with E-state index in [0.717, 1.165) is 43.9 Å². The molecule has 4 heteroatoms. The molecule has 1 aliphatic rings. The second kappa shape index (κ2) is 6.64. The molecule has 3 nitrogen and oxygen atoms in total. The minimum atomic E-state index is 0.188. The number of pyridine rings is 1. The lowest BCUT2D eigenvalue weighted by molar-refractivity contribution is -0.00407. The van der Waals surface area contributed by atoms with E-state index in [4.69, 9.17) is 11.6 Å². The summed E-state index contributed by atoms with van der Waals surface area (Å²) < 4.78 is 0. The van der Waals surface area contributed by atoms with Gasteiger partial charge in [-0.25, -0.2) is 0 Å². The minimum absolute atomic E-state index is 0.188. The third-order valence-electron chi connectivity index (χ3n) is 5.37. The Morgan fingerprint density at radius 1 is 1.29 bits per heavy atom. The van der Waals surface area contributed by atoms with Crippen molar-refractivity contribution in [2.24, 2.45) is 0 Å². The number of rotatable bonds is 5. The highest BCUT2D eigenvalue weighted by Gasteiger charge is 2.42. The Balaban J connectivity index is 2.27. The normalized spacial score (nSPS) is 26.0. The molecule has 0 amide bonds. The van der Waals surface area contributed by atoms with Crippen LogP contribution in [0.3, 0.4) is 0 Å². The van der Waals surface area contributed by atoms with Crippen LogP contribution in [0.25, 0.3) is 0 Å². The van der Waals surface area contributed by atoms with Gasteiger partial charge in [-0.15, -0.1) is 0 Å². The fraction of sp³-hybridized carbons (Fsp3) is 0.706. The Hall–Kier alpha value is -0.640. The quantitative estimate of drug-likeness (QED) is 0.895. The van der Waals surface area contributed by atoms with Gasteiger partial charge in [-0.3, -0.25) is 9.88 Å². The van der Waals surface area contributed by atoms with Crippen LogP contribution >= 0.6 is 11.6 Å². The van der Waals surface area contributed by atoms with E-state index >= 15 is 0 Å². The summed E-state index contributed by atoms with van der Waals surface area (Å²) >= 11 is 6.32. The average molecular weight is 310 g/mol. The number of aromatic nitrogens is 1. The van der Waals surface area contributed by atoms with Crippen LogP contribution in [0, 0.1) is 0 Å². The molecule has 1 N–H and O–H groups in total. The van der Waals surface area contributed by atoms with Crippen molar-refractivity contribution < 1.29 is 0 Å². The van der Waals surface area contributed by atoms with Crippen LogP contribution in [0.1, 0.15) is 52.5 Å². The molecule has 21 heavy (non-hydrogen) atoms. The SMILES string of the molecule is CCC1(C)CN(Cc2ccncc2Cl)C(CC)(CC)CN1. The molecule has 1 aromatic heterocycles. The van der Waals surface area contributed by atoms with Crippen LogP contribution in [0.5, 0.6) is 0 Å². The lowest BCUT2D eigenvalue weighted by Gasteiger charge is -2.53. The van der Waals surface area contributed by atoms with E-state index in [-0.39, 0.29) is 11.1 Å². The van der Waals surface area contributed by atoms with Crippen molar-refractivity contribution >= 4 is 11.6 Å². The maximum absolute atomic E-state index is 6.32. The van der Waals surface area contributed by atoms with E-state index in [9.17, 15) is 0 Å². The van der Waals surface area contributed by atoms with Crippen LogP contribution in [0.4, 0.5) is 0 Å². The van der Waals surface area contributed by atoms with Crippen LogP contribution < -0.4 is 5.32 Å². The molecule has 1 fully saturated rings. The van der Waals surface area contributed by atoms with Crippen LogP contribution in [-0.4, -0.2) is 34.1 Å². The maximum atomic E-state index is 6.32. The first-order valence-electron chi connectivity index (χ1n) is 8.07. The third kappa shape index (κ3) is 3.41. The van der Waals surface area contributed by atoms with Gasteiger partial charge >= 0.3 is 0 Å². The van der Waals surface area contributed by atoms with Crippen molar-refractivity contribution in [2.75, 3.05) is 13.1 Å². The van der Waals surface area contributed by atoms with E-state index in [1.807, 2.05) is 12.3 Å². The number of hydrogen-bond donors (Lipinski definition) is 1. The molecule has 2 rings (SSSR count). The largest absolute Gasteiger partial charge is 0.308 e. The zero-order chi connectivity index (χ0) is 15.5. The number of hydrogen-bond acceptors (Lipinski definition) is 3. The minimum Gasteiger partial charge on any atom is -0.308 e. The first kappa shape index (κ1) is 16.7. The molecule has 1 atom stereocenters. The first-order valence-corrected chi connectivity index (χ1v) is 8.45. The summed E-state index contributed by atoms with van der Waals surface area (Å²) in [6.07, 6.45) is 7.02. The topological polar surface area (TPSA) is 28.2 Å². The fourth-order valence-corrected chi connectivity index (χ4v) is 3.46. The molecule has 1 saturated heterocycles. The number of piperazine rings is 1. The molecule has 0 spiro atoms. The number of nitrogens with one attached hydrogen (secondary N) is 1. The van der Waals surface area contributed by atoms with Gasteiger partial charge in [-0.1, -0.05) is 32.4 Å². The Kier molecular flexibility index (Phi) is 5.29. The zero-order valence-electron chi connectivity index (χ0n) is 13.7. The van der Waals surface area contributed by atoms with E-state index < -0.39 is 0 Å². The predicted octanol–water partition coefficient (Wildman–Crippen LogP) is 3.87. The maximum Gasteiger partial charge on any atom is 0.0634 e. The van der Waals surface area contributed by atoms with Crippen molar-refractivity contribution in [1.29, 1.82) is 0 Å². The Morgan fingerprint density at radius 2 is 2.00 bits per heavy atom. The lowest BCUT2D eigenvalue weighted by atomic mass is 9.82. The molecular weight excluding hydrogens is 282 g/mol. The van der Waals surface area contributed by atoms with Crippen molar-refractivity contribution in [1.82, 2.24) is 15.2 Å². The predicted molar refractivity (Wildman–Crippen MR) is 89.7 cm³/mol.